The topological polar surface area (TPSA) is 55.2 Å². The maximum atomic E-state index is 12.8. The fourth-order valence-electron chi connectivity index (χ4n) is 2.71. The molecule has 0 bridgehead atoms. The molecule has 2 heterocycles. The second-order valence-electron chi connectivity index (χ2n) is 5.14. The van der Waals surface area contributed by atoms with Crippen molar-refractivity contribution in [3.8, 4) is 0 Å². The largest absolute Gasteiger partial charge is 0.324 e. The van der Waals surface area contributed by atoms with Crippen LogP contribution in [0, 0.1) is 0 Å². The minimum Gasteiger partial charge on any atom is -0.324 e. The van der Waals surface area contributed by atoms with E-state index in [2.05, 4.69) is 4.98 Å². The zero-order valence-electron chi connectivity index (χ0n) is 11.6. The minimum absolute atomic E-state index is 0.0607. The normalized spacial score (nSPS) is 20.0. The molecule has 112 valence electrons. The number of imidazole rings is 1. The van der Waals surface area contributed by atoms with Crippen LogP contribution in [-0.4, -0.2) is 28.8 Å². The Kier molecular flexibility index (Phi) is 3.77. The molecule has 21 heavy (non-hydrogen) atoms. The van der Waals surface area contributed by atoms with E-state index < -0.39 is 10.0 Å². The van der Waals surface area contributed by atoms with Crippen molar-refractivity contribution in [1.29, 1.82) is 0 Å². The van der Waals surface area contributed by atoms with Crippen LogP contribution in [0.3, 0.4) is 0 Å². The van der Waals surface area contributed by atoms with Gasteiger partial charge in [-0.05, 0) is 18.4 Å². The van der Waals surface area contributed by atoms with Crippen LogP contribution < -0.4 is 0 Å². The van der Waals surface area contributed by atoms with E-state index in [1.165, 1.54) is 15.2 Å². The summed E-state index contributed by atoms with van der Waals surface area (Å²) in [5.41, 5.74) is 1.01. The molecule has 7 heteroatoms. The second kappa shape index (κ2) is 5.44. The molecular weight excluding hydrogens is 310 g/mol. The van der Waals surface area contributed by atoms with Gasteiger partial charge in [0.2, 0.25) is 5.03 Å². The molecule has 1 unspecified atom stereocenters. The van der Waals surface area contributed by atoms with E-state index in [-0.39, 0.29) is 16.2 Å². The third-order valence-corrected chi connectivity index (χ3v) is 6.18. The maximum absolute atomic E-state index is 12.8. The first-order chi connectivity index (χ1) is 10.0. The summed E-state index contributed by atoms with van der Waals surface area (Å²) in [5, 5.41) is 0.0863. The Labute approximate surface area is 129 Å². The van der Waals surface area contributed by atoms with E-state index in [0.717, 1.165) is 18.4 Å². The quantitative estimate of drug-likeness (QED) is 0.871. The smallest absolute Gasteiger partial charge is 0.264 e. The van der Waals surface area contributed by atoms with Crippen LogP contribution in [0.2, 0.25) is 5.15 Å². The Hall–Kier alpha value is -1.37. The summed E-state index contributed by atoms with van der Waals surface area (Å²) in [6, 6.07) is 9.54. The molecule has 5 nitrogen and oxygen atoms in total. The highest BCUT2D eigenvalue weighted by Gasteiger charge is 2.38. The zero-order valence-corrected chi connectivity index (χ0v) is 13.2. The predicted molar refractivity (Wildman–Crippen MR) is 80.5 cm³/mol. The maximum Gasteiger partial charge on any atom is 0.264 e. The predicted octanol–water partition coefficient (Wildman–Crippen LogP) is 2.60. The molecule has 1 fully saturated rings. The fraction of sp³-hybridized carbons (Fsp3) is 0.357. The number of hydrogen-bond donors (Lipinski definition) is 0. The Morgan fingerprint density at radius 2 is 2.00 bits per heavy atom. The van der Waals surface area contributed by atoms with E-state index in [1.54, 1.807) is 7.05 Å². The van der Waals surface area contributed by atoms with Gasteiger partial charge in [-0.1, -0.05) is 41.9 Å². The molecule has 1 atom stereocenters. The lowest BCUT2D eigenvalue weighted by Gasteiger charge is -2.23. The van der Waals surface area contributed by atoms with Crippen molar-refractivity contribution in [2.75, 3.05) is 6.54 Å². The number of aromatic nitrogens is 2. The lowest BCUT2D eigenvalue weighted by Crippen LogP contribution is -2.31. The van der Waals surface area contributed by atoms with Gasteiger partial charge < -0.3 is 4.57 Å². The second-order valence-corrected chi connectivity index (χ2v) is 7.30. The van der Waals surface area contributed by atoms with Crippen LogP contribution in [0.5, 0.6) is 0 Å². The number of benzene rings is 1. The number of hydrogen-bond acceptors (Lipinski definition) is 3. The third kappa shape index (κ3) is 2.47. The molecule has 0 spiro atoms. The molecule has 0 radical (unpaired) electrons. The van der Waals surface area contributed by atoms with Crippen molar-refractivity contribution in [2.24, 2.45) is 7.05 Å². The van der Waals surface area contributed by atoms with Crippen molar-refractivity contribution in [3.05, 3.63) is 47.4 Å². The highest BCUT2D eigenvalue weighted by atomic mass is 35.5. The first-order valence-electron chi connectivity index (χ1n) is 6.75. The van der Waals surface area contributed by atoms with Crippen molar-refractivity contribution in [2.45, 2.75) is 23.9 Å². The van der Waals surface area contributed by atoms with Crippen molar-refractivity contribution < 1.29 is 8.42 Å². The molecular formula is C14H16ClN3O2S. The number of halogens is 1. The molecule has 1 aliphatic heterocycles. The number of sulfonamides is 1. The summed E-state index contributed by atoms with van der Waals surface area (Å²) in [7, 11) is -2.00. The summed E-state index contributed by atoms with van der Waals surface area (Å²) >= 11 is 6.06. The first-order valence-corrected chi connectivity index (χ1v) is 8.57. The Morgan fingerprint density at radius 1 is 1.29 bits per heavy atom. The number of nitrogens with zero attached hydrogens (tertiary/aromatic N) is 3. The number of aryl methyl sites for hydroxylation is 1. The van der Waals surface area contributed by atoms with E-state index in [4.69, 9.17) is 11.6 Å². The molecule has 0 saturated carbocycles. The minimum atomic E-state index is -3.68. The summed E-state index contributed by atoms with van der Waals surface area (Å²) in [6.45, 7) is 0.495. The zero-order chi connectivity index (χ0) is 15.0. The highest BCUT2D eigenvalue weighted by molar-refractivity contribution is 7.89. The monoisotopic (exact) mass is 325 g/mol. The SMILES string of the molecule is Cn1cnc(S(=O)(=O)N2CCCC2c2ccccc2)c1Cl. The van der Waals surface area contributed by atoms with Gasteiger partial charge in [0.15, 0.2) is 0 Å². The van der Waals surface area contributed by atoms with Crippen LogP contribution in [-0.2, 0) is 17.1 Å². The lowest BCUT2D eigenvalue weighted by atomic mass is 10.1. The summed E-state index contributed by atoms with van der Waals surface area (Å²) in [4.78, 5) is 3.96. The van der Waals surface area contributed by atoms with Gasteiger partial charge in [-0.2, -0.15) is 4.31 Å². The van der Waals surface area contributed by atoms with Crippen molar-refractivity contribution in [3.63, 3.8) is 0 Å². The van der Waals surface area contributed by atoms with Crippen LogP contribution in [0.4, 0.5) is 0 Å². The van der Waals surface area contributed by atoms with Gasteiger partial charge in [0, 0.05) is 13.6 Å². The standard InChI is InChI=1S/C14H16ClN3O2S/c1-17-10-16-14(13(17)15)21(19,20)18-9-5-8-12(18)11-6-3-2-4-7-11/h2-4,6-7,10,12H,5,8-9H2,1H3. The van der Waals surface area contributed by atoms with Gasteiger partial charge in [-0.3, -0.25) is 0 Å². The first kappa shape index (κ1) is 14.6. The molecule has 0 amide bonds. The molecule has 1 aromatic carbocycles. The van der Waals surface area contributed by atoms with Crippen LogP contribution in [0.25, 0.3) is 0 Å². The van der Waals surface area contributed by atoms with E-state index in [0.29, 0.717) is 6.54 Å². The molecule has 0 aliphatic carbocycles. The van der Waals surface area contributed by atoms with Crippen LogP contribution >= 0.6 is 11.6 Å². The van der Waals surface area contributed by atoms with Gasteiger partial charge >= 0.3 is 0 Å². The van der Waals surface area contributed by atoms with E-state index >= 15 is 0 Å². The van der Waals surface area contributed by atoms with Gasteiger partial charge in [0.1, 0.15) is 5.15 Å². The summed E-state index contributed by atoms with van der Waals surface area (Å²) in [5.74, 6) is 0. The third-order valence-electron chi connectivity index (χ3n) is 3.78. The average Bonchev–Trinajstić information content (AvgIpc) is 3.09. The van der Waals surface area contributed by atoms with Crippen molar-refractivity contribution in [1.82, 2.24) is 13.9 Å². The summed E-state index contributed by atoms with van der Waals surface area (Å²) < 4.78 is 28.6. The molecule has 2 aromatic rings. The molecule has 1 aromatic heterocycles. The van der Waals surface area contributed by atoms with Crippen LogP contribution in [0.15, 0.2) is 41.7 Å². The van der Waals surface area contributed by atoms with Crippen LogP contribution in [0.1, 0.15) is 24.4 Å². The Bertz CT molecular complexity index is 743. The summed E-state index contributed by atoms with van der Waals surface area (Å²) in [6.07, 6.45) is 3.07. The average molecular weight is 326 g/mol. The van der Waals surface area contributed by atoms with Gasteiger partial charge in [0.25, 0.3) is 10.0 Å². The molecule has 1 saturated heterocycles. The molecule has 1 aliphatic rings. The van der Waals surface area contributed by atoms with E-state index in [1.807, 2.05) is 30.3 Å². The molecule has 0 N–H and O–H groups in total. The lowest BCUT2D eigenvalue weighted by molar-refractivity contribution is 0.395. The van der Waals surface area contributed by atoms with Gasteiger partial charge in [-0.15, -0.1) is 0 Å². The van der Waals surface area contributed by atoms with Gasteiger partial charge in [-0.25, -0.2) is 13.4 Å². The van der Waals surface area contributed by atoms with E-state index in [9.17, 15) is 8.42 Å². The molecule has 3 rings (SSSR count). The Balaban J connectivity index is 2.00. The Morgan fingerprint density at radius 3 is 2.62 bits per heavy atom. The fourth-order valence-corrected chi connectivity index (χ4v) is 4.79. The van der Waals surface area contributed by atoms with Crippen molar-refractivity contribution >= 4 is 21.6 Å². The van der Waals surface area contributed by atoms with Gasteiger partial charge in [0.05, 0.1) is 12.4 Å². The highest BCUT2D eigenvalue weighted by Crippen LogP contribution is 2.37. The number of rotatable bonds is 3.